The number of nitrogens with zero attached hydrogens (tertiary/aromatic N) is 4. The Morgan fingerprint density at radius 1 is 1.70 bits per heavy atom. The van der Waals surface area contributed by atoms with Crippen LogP contribution in [0.25, 0.3) is 0 Å². The van der Waals surface area contributed by atoms with Gasteiger partial charge >= 0.3 is 0 Å². The Morgan fingerprint density at radius 2 is 2.55 bits per heavy atom. The predicted octanol–water partition coefficient (Wildman–Crippen LogP) is -1.33. The van der Waals surface area contributed by atoms with Gasteiger partial charge in [0.25, 0.3) is 0 Å². The molecule has 0 saturated carbocycles. The summed E-state index contributed by atoms with van der Waals surface area (Å²) in [5.74, 6) is 0.186. The van der Waals surface area contributed by atoms with Crippen molar-refractivity contribution in [3.63, 3.8) is 0 Å². The Bertz CT molecular complexity index is 470. The number of carbonyl (C=O) groups is 1. The van der Waals surface area contributed by atoms with Crippen molar-refractivity contribution >= 4 is 5.91 Å². The molecule has 0 spiro atoms. The molecule has 2 atom stereocenters. The molecular weight excluding hydrogens is 262 g/mol. The van der Waals surface area contributed by atoms with Gasteiger partial charge in [0.05, 0.1) is 18.7 Å². The first-order valence-corrected chi connectivity index (χ1v) is 6.32. The number of nitrogens with two attached hydrogens (primary N) is 1. The number of amides is 1. The SMILES string of the molecule is N#C[C@@H]1CC[C@@H](NOCc2ncn[nH]2)CN1CC(N)=O. The minimum Gasteiger partial charge on any atom is -0.369 e. The minimum absolute atomic E-state index is 0.0434. The van der Waals surface area contributed by atoms with Crippen LogP contribution in [-0.2, 0) is 16.2 Å². The number of aromatic nitrogens is 3. The number of aromatic amines is 1. The summed E-state index contributed by atoms with van der Waals surface area (Å²) in [6.45, 7) is 0.893. The van der Waals surface area contributed by atoms with Gasteiger partial charge in [-0.2, -0.15) is 15.8 Å². The molecule has 20 heavy (non-hydrogen) atoms. The zero-order chi connectivity index (χ0) is 14.4. The highest BCUT2D eigenvalue weighted by atomic mass is 16.6. The van der Waals surface area contributed by atoms with Crippen molar-refractivity contribution in [3.8, 4) is 6.07 Å². The van der Waals surface area contributed by atoms with Crippen molar-refractivity contribution in [1.82, 2.24) is 25.6 Å². The third-order valence-corrected chi connectivity index (χ3v) is 3.12. The van der Waals surface area contributed by atoms with Crippen LogP contribution >= 0.6 is 0 Å². The van der Waals surface area contributed by atoms with Crippen molar-refractivity contribution in [2.45, 2.75) is 31.5 Å². The van der Waals surface area contributed by atoms with Gasteiger partial charge in [0, 0.05) is 12.6 Å². The molecule has 0 unspecified atom stereocenters. The zero-order valence-electron chi connectivity index (χ0n) is 11.0. The summed E-state index contributed by atoms with van der Waals surface area (Å²) >= 11 is 0. The number of primary amides is 1. The lowest BCUT2D eigenvalue weighted by molar-refractivity contribution is -0.120. The van der Waals surface area contributed by atoms with Crippen molar-refractivity contribution in [2.75, 3.05) is 13.1 Å². The van der Waals surface area contributed by atoms with Crippen molar-refractivity contribution < 1.29 is 9.63 Å². The molecule has 9 nitrogen and oxygen atoms in total. The van der Waals surface area contributed by atoms with Gasteiger partial charge in [0.1, 0.15) is 12.9 Å². The van der Waals surface area contributed by atoms with Gasteiger partial charge in [-0.1, -0.05) is 0 Å². The first-order chi connectivity index (χ1) is 9.69. The summed E-state index contributed by atoms with van der Waals surface area (Å²) in [6.07, 6.45) is 2.88. The van der Waals surface area contributed by atoms with Crippen LogP contribution in [0.3, 0.4) is 0 Å². The maximum atomic E-state index is 11.0. The monoisotopic (exact) mass is 279 g/mol. The lowest BCUT2D eigenvalue weighted by atomic mass is 9.99. The topological polar surface area (TPSA) is 133 Å². The molecule has 108 valence electrons. The first kappa shape index (κ1) is 14.4. The van der Waals surface area contributed by atoms with E-state index in [1.54, 1.807) is 4.90 Å². The molecule has 1 saturated heterocycles. The van der Waals surface area contributed by atoms with Gasteiger partial charge < -0.3 is 5.73 Å². The quantitative estimate of drug-likeness (QED) is 0.549. The number of nitrogens with one attached hydrogen (secondary N) is 2. The lowest BCUT2D eigenvalue weighted by Crippen LogP contribution is -2.52. The van der Waals surface area contributed by atoms with Crippen LogP contribution in [-0.4, -0.2) is 51.2 Å². The molecule has 9 heteroatoms. The number of hydrogen-bond donors (Lipinski definition) is 3. The number of piperidine rings is 1. The molecular formula is C11H17N7O2. The second-order valence-corrected chi connectivity index (χ2v) is 4.65. The number of carbonyl (C=O) groups excluding carboxylic acids is 1. The number of nitriles is 1. The van der Waals surface area contributed by atoms with E-state index in [2.05, 4.69) is 26.7 Å². The molecule has 2 heterocycles. The van der Waals surface area contributed by atoms with Crippen LogP contribution < -0.4 is 11.2 Å². The average Bonchev–Trinajstić information content (AvgIpc) is 2.91. The average molecular weight is 279 g/mol. The molecule has 0 radical (unpaired) electrons. The molecule has 4 N–H and O–H groups in total. The van der Waals surface area contributed by atoms with Gasteiger partial charge in [-0.3, -0.25) is 19.6 Å². The summed E-state index contributed by atoms with van der Waals surface area (Å²) in [4.78, 5) is 22.0. The molecule has 1 aromatic heterocycles. The van der Waals surface area contributed by atoms with E-state index in [9.17, 15) is 4.79 Å². The van der Waals surface area contributed by atoms with E-state index < -0.39 is 5.91 Å². The van der Waals surface area contributed by atoms with E-state index in [0.29, 0.717) is 18.8 Å². The summed E-state index contributed by atoms with van der Waals surface area (Å²) in [5, 5.41) is 15.4. The van der Waals surface area contributed by atoms with Crippen molar-refractivity contribution in [1.29, 1.82) is 5.26 Å². The maximum absolute atomic E-state index is 11.0. The number of rotatable bonds is 6. The van der Waals surface area contributed by atoms with E-state index in [-0.39, 0.29) is 25.2 Å². The highest BCUT2D eigenvalue weighted by Gasteiger charge is 2.29. The molecule has 1 aromatic rings. The van der Waals surface area contributed by atoms with Gasteiger partial charge in [-0.15, -0.1) is 0 Å². The molecule has 0 bridgehead atoms. The standard InChI is InChI=1S/C11H17N7O2/c12-3-9-2-1-8(4-18(9)5-10(13)19)17-20-6-11-14-7-15-16-11/h7-9,17H,1-2,4-6H2,(H2,13,19)(H,14,15,16)/t8-,9+/m1/s1. The molecule has 2 rings (SSSR count). The third kappa shape index (κ3) is 3.99. The number of H-pyrrole nitrogens is 1. The fourth-order valence-corrected chi connectivity index (χ4v) is 2.19. The molecule has 1 aliphatic heterocycles. The van der Waals surface area contributed by atoms with E-state index in [4.69, 9.17) is 15.8 Å². The van der Waals surface area contributed by atoms with Crippen LogP contribution in [0.5, 0.6) is 0 Å². The van der Waals surface area contributed by atoms with Crippen LogP contribution in [0.2, 0.25) is 0 Å². The van der Waals surface area contributed by atoms with Crippen molar-refractivity contribution in [2.24, 2.45) is 5.73 Å². The van der Waals surface area contributed by atoms with Gasteiger partial charge in [-0.05, 0) is 12.8 Å². The fourth-order valence-electron chi connectivity index (χ4n) is 2.19. The number of hydrogen-bond acceptors (Lipinski definition) is 7. The van der Waals surface area contributed by atoms with E-state index in [0.717, 1.165) is 6.42 Å². The Kier molecular flexibility index (Phi) is 5.00. The Labute approximate surface area is 116 Å². The predicted molar refractivity (Wildman–Crippen MR) is 67.5 cm³/mol. The summed E-state index contributed by atoms with van der Waals surface area (Å²) < 4.78 is 0. The first-order valence-electron chi connectivity index (χ1n) is 6.32. The highest BCUT2D eigenvalue weighted by Crippen LogP contribution is 2.16. The smallest absolute Gasteiger partial charge is 0.231 e. The van der Waals surface area contributed by atoms with Crippen LogP contribution in [0.4, 0.5) is 0 Å². The van der Waals surface area contributed by atoms with Crippen molar-refractivity contribution in [3.05, 3.63) is 12.2 Å². The van der Waals surface area contributed by atoms with Crippen LogP contribution in [0.1, 0.15) is 18.7 Å². The third-order valence-electron chi connectivity index (χ3n) is 3.12. The van der Waals surface area contributed by atoms with Gasteiger partial charge in [0.15, 0.2) is 5.82 Å². The van der Waals surface area contributed by atoms with E-state index in [1.165, 1.54) is 6.33 Å². The Morgan fingerprint density at radius 3 is 3.20 bits per heavy atom. The normalized spacial score (nSPS) is 23.4. The summed E-state index contributed by atoms with van der Waals surface area (Å²) in [6, 6.07) is 1.96. The van der Waals surface area contributed by atoms with Crippen LogP contribution in [0.15, 0.2) is 6.33 Å². The highest BCUT2D eigenvalue weighted by molar-refractivity contribution is 5.76. The molecule has 1 amide bonds. The fraction of sp³-hybridized carbons (Fsp3) is 0.636. The maximum Gasteiger partial charge on any atom is 0.231 e. The summed E-state index contributed by atoms with van der Waals surface area (Å²) in [7, 11) is 0. The van der Waals surface area contributed by atoms with Gasteiger partial charge in [-0.25, -0.2) is 4.98 Å². The molecule has 1 fully saturated rings. The largest absolute Gasteiger partial charge is 0.369 e. The Hall–Kier alpha value is -2.02. The summed E-state index contributed by atoms with van der Waals surface area (Å²) in [5.41, 5.74) is 8.11. The molecule has 0 aliphatic carbocycles. The molecule has 0 aromatic carbocycles. The Balaban J connectivity index is 1.78. The minimum atomic E-state index is -0.437. The second-order valence-electron chi connectivity index (χ2n) is 4.65. The number of hydroxylamine groups is 1. The van der Waals surface area contributed by atoms with E-state index >= 15 is 0 Å². The zero-order valence-corrected chi connectivity index (χ0v) is 11.0. The molecule has 1 aliphatic rings. The second kappa shape index (κ2) is 6.95. The van der Waals surface area contributed by atoms with E-state index in [1.807, 2.05) is 0 Å². The van der Waals surface area contributed by atoms with Gasteiger partial charge in [0.2, 0.25) is 5.91 Å². The number of likely N-dealkylation sites (tertiary alicyclic amines) is 1. The lowest BCUT2D eigenvalue weighted by Gasteiger charge is -2.35. The van der Waals surface area contributed by atoms with Crippen LogP contribution in [0, 0.1) is 11.3 Å².